The van der Waals surface area contributed by atoms with E-state index in [0.717, 1.165) is 9.37 Å². The van der Waals surface area contributed by atoms with Gasteiger partial charge in [-0.2, -0.15) is 0 Å². The van der Waals surface area contributed by atoms with Crippen LogP contribution in [0, 0.1) is 21.3 Å². The highest BCUT2D eigenvalue weighted by Crippen LogP contribution is 2.65. The Hall–Kier alpha value is -2.15. The fourth-order valence-corrected chi connectivity index (χ4v) is 8.79. The zero-order valence-corrected chi connectivity index (χ0v) is 26.4. The molecule has 0 spiro atoms. The molecule has 0 bridgehead atoms. The van der Waals surface area contributed by atoms with Crippen molar-refractivity contribution in [2.45, 2.75) is 28.5 Å². The Morgan fingerprint density at radius 3 is 2.38 bits per heavy atom. The Labute approximate surface area is 261 Å². The number of imide groups is 2. The number of phenols is 1. The number of carbonyl (C=O) groups excluding carboxylic acids is 4. The molecule has 208 valence electrons. The van der Waals surface area contributed by atoms with Gasteiger partial charge in [0.2, 0.25) is 11.8 Å². The molecule has 2 heterocycles. The van der Waals surface area contributed by atoms with Crippen molar-refractivity contribution in [2.24, 2.45) is 17.8 Å². The molecule has 2 aliphatic carbocycles. The molecule has 12 heteroatoms. The van der Waals surface area contributed by atoms with E-state index >= 15 is 0 Å². The Balaban J connectivity index is 1.53. The van der Waals surface area contributed by atoms with Crippen molar-refractivity contribution in [3.05, 3.63) is 61.7 Å². The first-order chi connectivity index (χ1) is 18.9. The minimum Gasteiger partial charge on any atom is -0.504 e. The maximum Gasteiger partial charge on any atom is 0.253 e. The van der Waals surface area contributed by atoms with Gasteiger partial charge in [-0.05, 0) is 83.3 Å². The number of halogens is 4. The van der Waals surface area contributed by atoms with Crippen LogP contribution >= 0.6 is 61.7 Å². The third-order valence-electron chi connectivity index (χ3n) is 8.70. The summed E-state index contributed by atoms with van der Waals surface area (Å²) in [6, 6.07) is 10.1. The van der Waals surface area contributed by atoms with E-state index in [0.29, 0.717) is 20.4 Å². The number of likely N-dealkylation sites (tertiary alicyclic amines) is 1. The number of phenolic OH excluding ortho intramolecular Hbond substituents is 1. The van der Waals surface area contributed by atoms with E-state index in [1.165, 1.54) is 19.1 Å². The number of alkyl halides is 2. The predicted octanol–water partition coefficient (Wildman–Crippen LogP) is 4.96. The van der Waals surface area contributed by atoms with Crippen LogP contribution in [0.3, 0.4) is 0 Å². The molecule has 4 aliphatic rings. The number of methoxy groups -OCH3 is 1. The first-order valence-corrected chi connectivity index (χ1v) is 15.1. The summed E-state index contributed by atoms with van der Waals surface area (Å²) in [5, 5.41) is 10.5. The number of ether oxygens (including phenoxy) is 1. The minimum absolute atomic E-state index is 0.0784. The standard InChI is InChI=1S/C28H22BrCl2IN2O6/c1-33-25(38)27(30)11-17-15(21(28(27,31)26(33)39)12-9-18(32)22(35)19(10-12)40-2)7-8-16-20(17)24(37)34(23(16)36)14-5-3-13(29)4-6-14/h3-7,9-10,16-17,20-21,35H,8,11H2,1-2H3/t16-,17+,20-,21-,27+,28-/m0/s1. The van der Waals surface area contributed by atoms with Gasteiger partial charge in [-0.3, -0.25) is 29.0 Å². The lowest BCUT2D eigenvalue weighted by atomic mass is 9.56. The van der Waals surface area contributed by atoms with E-state index in [4.69, 9.17) is 27.9 Å². The van der Waals surface area contributed by atoms with Crippen LogP contribution in [0.15, 0.2) is 52.5 Å². The van der Waals surface area contributed by atoms with Crippen molar-refractivity contribution in [2.75, 3.05) is 19.1 Å². The van der Waals surface area contributed by atoms with Gasteiger partial charge in [0, 0.05) is 17.4 Å². The van der Waals surface area contributed by atoms with E-state index in [1.807, 2.05) is 28.7 Å². The molecule has 2 aromatic rings. The molecule has 0 unspecified atom stereocenters. The molecular formula is C28H22BrCl2IN2O6. The normalized spacial score (nSPS) is 33.1. The Kier molecular flexibility index (Phi) is 6.60. The van der Waals surface area contributed by atoms with Gasteiger partial charge in [0.25, 0.3) is 11.8 Å². The highest BCUT2D eigenvalue weighted by atomic mass is 127. The van der Waals surface area contributed by atoms with E-state index in [9.17, 15) is 24.3 Å². The summed E-state index contributed by atoms with van der Waals surface area (Å²) in [5.41, 5.74) is 1.64. The van der Waals surface area contributed by atoms with E-state index in [-0.39, 0.29) is 36.2 Å². The number of amides is 4. The van der Waals surface area contributed by atoms with Gasteiger partial charge < -0.3 is 9.84 Å². The molecule has 8 nitrogen and oxygen atoms in total. The lowest BCUT2D eigenvalue weighted by molar-refractivity contribution is -0.138. The summed E-state index contributed by atoms with van der Waals surface area (Å²) in [4.78, 5) is 53.2. The number of anilines is 1. The average Bonchev–Trinajstić information content (AvgIpc) is 3.25. The van der Waals surface area contributed by atoms with Gasteiger partial charge in [-0.1, -0.05) is 27.6 Å². The zero-order valence-electron chi connectivity index (χ0n) is 21.2. The Morgan fingerprint density at radius 2 is 1.73 bits per heavy atom. The summed E-state index contributed by atoms with van der Waals surface area (Å²) in [7, 11) is 2.75. The van der Waals surface area contributed by atoms with Gasteiger partial charge in [0.05, 0.1) is 28.2 Å². The molecule has 6 atom stereocenters. The molecule has 0 aromatic heterocycles. The second-order valence-electron chi connectivity index (χ2n) is 10.5. The number of aromatic hydroxyl groups is 1. The third-order valence-corrected chi connectivity index (χ3v) is 11.5. The van der Waals surface area contributed by atoms with Gasteiger partial charge in [-0.25, -0.2) is 0 Å². The Bertz CT molecular complexity index is 1550. The van der Waals surface area contributed by atoms with Gasteiger partial charge in [-0.15, -0.1) is 23.2 Å². The third kappa shape index (κ3) is 3.54. The second-order valence-corrected chi connectivity index (χ2v) is 13.9. The van der Waals surface area contributed by atoms with Crippen LogP contribution in [0.4, 0.5) is 5.69 Å². The largest absolute Gasteiger partial charge is 0.504 e. The fraction of sp³-hybridized carbons (Fsp3) is 0.357. The van der Waals surface area contributed by atoms with Crippen LogP contribution in [-0.2, 0) is 19.2 Å². The molecule has 2 aliphatic heterocycles. The fourth-order valence-electron chi connectivity index (χ4n) is 6.88. The molecule has 1 N–H and O–H groups in total. The predicted molar refractivity (Wildman–Crippen MR) is 159 cm³/mol. The zero-order chi connectivity index (χ0) is 28.9. The minimum atomic E-state index is -1.91. The number of hydrogen-bond donors (Lipinski definition) is 1. The molecule has 6 rings (SSSR count). The van der Waals surface area contributed by atoms with Crippen LogP contribution in [0.5, 0.6) is 11.5 Å². The maximum absolute atomic E-state index is 14.0. The monoisotopic (exact) mass is 758 g/mol. The summed E-state index contributed by atoms with van der Waals surface area (Å²) in [5.74, 6) is -4.90. The van der Waals surface area contributed by atoms with E-state index in [1.54, 1.807) is 36.4 Å². The van der Waals surface area contributed by atoms with Gasteiger partial charge in [0.15, 0.2) is 21.2 Å². The number of nitrogens with zero attached hydrogens (tertiary/aromatic N) is 2. The highest BCUT2D eigenvalue weighted by Gasteiger charge is 2.76. The second kappa shape index (κ2) is 9.43. The van der Waals surface area contributed by atoms with E-state index in [2.05, 4.69) is 15.9 Å². The van der Waals surface area contributed by atoms with Crippen LogP contribution in [0.25, 0.3) is 0 Å². The molecule has 2 aromatic carbocycles. The molecule has 4 amide bonds. The molecule has 40 heavy (non-hydrogen) atoms. The van der Waals surface area contributed by atoms with Gasteiger partial charge in [0.1, 0.15) is 0 Å². The first-order valence-electron chi connectivity index (χ1n) is 12.5. The number of hydrogen-bond acceptors (Lipinski definition) is 6. The lowest BCUT2D eigenvalue weighted by Crippen LogP contribution is -2.60. The quantitative estimate of drug-likeness (QED) is 0.206. The number of allylic oxidation sites excluding steroid dienone is 2. The molecule has 2 saturated heterocycles. The summed E-state index contributed by atoms with van der Waals surface area (Å²) in [6.45, 7) is 0. The van der Waals surface area contributed by atoms with Crippen LogP contribution in [0.1, 0.15) is 24.3 Å². The summed E-state index contributed by atoms with van der Waals surface area (Å²) >= 11 is 19.7. The number of benzene rings is 2. The summed E-state index contributed by atoms with van der Waals surface area (Å²) in [6.07, 6.45) is 2.04. The lowest BCUT2D eigenvalue weighted by Gasteiger charge is -2.50. The van der Waals surface area contributed by atoms with Crippen molar-refractivity contribution < 1.29 is 29.0 Å². The topological polar surface area (TPSA) is 104 Å². The number of rotatable bonds is 3. The number of carbonyl (C=O) groups is 4. The van der Waals surface area contributed by atoms with Crippen molar-refractivity contribution in [3.63, 3.8) is 0 Å². The average molecular weight is 760 g/mol. The SMILES string of the molecule is COc1cc([C@H]2C3=CC[C@@H]4C(=O)N(c5ccc(Br)cc5)C(=O)[C@@H]4[C@@H]3C[C@@]3(Cl)C(=O)N(C)C(=O)[C@@]23Cl)cc(I)c1O. The van der Waals surface area contributed by atoms with Gasteiger partial charge >= 0.3 is 0 Å². The maximum atomic E-state index is 14.0. The number of fused-ring (bicyclic) bond motifs is 4. The Morgan fingerprint density at radius 1 is 1.05 bits per heavy atom. The molecular weight excluding hydrogens is 738 g/mol. The molecule has 3 fully saturated rings. The van der Waals surface area contributed by atoms with Crippen molar-refractivity contribution in [3.8, 4) is 11.5 Å². The molecule has 1 saturated carbocycles. The first kappa shape index (κ1) is 28.0. The van der Waals surface area contributed by atoms with Crippen molar-refractivity contribution >= 4 is 91.0 Å². The van der Waals surface area contributed by atoms with E-state index < -0.39 is 45.2 Å². The summed E-state index contributed by atoms with van der Waals surface area (Å²) < 4.78 is 6.64. The highest BCUT2D eigenvalue weighted by molar-refractivity contribution is 14.1. The van der Waals surface area contributed by atoms with Crippen LogP contribution in [-0.4, -0.2) is 57.5 Å². The van der Waals surface area contributed by atoms with Crippen molar-refractivity contribution in [1.29, 1.82) is 0 Å². The van der Waals surface area contributed by atoms with Crippen LogP contribution < -0.4 is 9.64 Å². The smallest absolute Gasteiger partial charge is 0.253 e. The van der Waals surface area contributed by atoms with Crippen LogP contribution in [0.2, 0.25) is 0 Å². The molecule has 0 radical (unpaired) electrons. The van der Waals surface area contributed by atoms with Crippen molar-refractivity contribution in [1.82, 2.24) is 4.90 Å².